The van der Waals surface area contributed by atoms with Crippen LogP contribution in [0.5, 0.6) is 0 Å². The molecular formula is C8H8ClN3. The lowest BCUT2D eigenvalue weighted by Crippen LogP contribution is -1.89. The van der Waals surface area contributed by atoms with E-state index in [0.717, 1.165) is 11.2 Å². The van der Waals surface area contributed by atoms with E-state index >= 15 is 0 Å². The summed E-state index contributed by atoms with van der Waals surface area (Å²) in [5.41, 5.74) is 1.95. The van der Waals surface area contributed by atoms with Crippen molar-refractivity contribution < 1.29 is 0 Å². The Morgan fingerprint density at radius 2 is 2.42 bits per heavy atom. The van der Waals surface area contributed by atoms with Gasteiger partial charge in [0, 0.05) is 18.9 Å². The zero-order valence-electron chi connectivity index (χ0n) is 6.58. The fraction of sp³-hybridized carbons (Fsp3) is 0.125. The first-order chi connectivity index (χ1) is 5.81. The lowest BCUT2D eigenvalue weighted by atomic mass is 10.3. The second kappa shape index (κ2) is 2.68. The summed E-state index contributed by atoms with van der Waals surface area (Å²) in [6.07, 6.45) is 3.61. The molecule has 0 unspecified atom stereocenters. The lowest BCUT2D eigenvalue weighted by molar-refractivity contribution is 1.15. The van der Waals surface area contributed by atoms with E-state index in [9.17, 15) is 0 Å². The lowest BCUT2D eigenvalue weighted by Gasteiger charge is -1.99. The van der Waals surface area contributed by atoms with Crippen molar-refractivity contribution in [2.24, 2.45) is 0 Å². The van der Waals surface area contributed by atoms with E-state index in [2.05, 4.69) is 10.3 Å². The number of anilines is 1. The number of aromatic nitrogens is 2. The third kappa shape index (κ3) is 1.02. The van der Waals surface area contributed by atoms with E-state index in [0.29, 0.717) is 5.15 Å². The second-order valence-electron chi connectivity index (χ2n) is 2.49. The molecule has 0 aromatic carbocycles. The molecule has 0 spiro atoms. The Morgan fingerprint density at radius 1 is 1.58 bits per heavy atom. The molecule has 2 aromatic rings. The standard InChI is InChI=1S/C8H8ClN3/c1-10-6-2-3-12-5-11-8(9)7(12)4-6/h2-5,10H,1H3. The molecule has 4 heteroatoms. The number of fused-ring (bicyclic) bond motifs is 1. The largest absolute Gasteiger partial charge is 0.388 e. The van der Waals surface area contributed by atoms with Crippen LogP contribution in [0.1, 0.15) is 0 Å². The highest BCUT2D eigenvalue weighted by Crippen LogP contribution is 2.18. The first kappa shape index (κ1) is 7.43. The van der Waals surface area contributed by atoms with Gasteiger partial charge in [-0.25, -0.2) is 4.98 Å². The van der Waals surface area contributed by atoms with Crippen LogP contribution >= 0.6 is 11.6 Å². The number of halogens is 1. The maximum absolute atomic E-state index is 5.84. The van der Waals surface area contributed by atoms with Gasteiger partial charge in [-0.2, -0.15) is 0 Å². The quantitative estimate of drug-likeness (QED) is 0.730. The Morgan fingerprint density at radius 3 is 3.17 bits per heavy atom. The highest BCUT2D eigenvalue weighted by molar-refractivity contribution is 6.32. The topological polar surface area (TPSA) is 29.3 Å². The first-order valence-corrected chi connectivity index (χ1v) is 3.99. The van der Waals surface area contributed by atoms with Gasteiger partial charge in [-0.1, -0.05) is 11.6 Å². The molecule has 0 saturated carbocycles. The number of hydrogen-bond acceptors (Lipinski definition) is 2. The molecule has 0 atom stereocenters. The van der Waals surface area contributed by atoms with Crippen molar-refractivity contribution in [3.05, 3.63) is 29.8 Å². The van der Waals surface area contributed by atoms with Crippen molar-refractivity contribution >= 4 is 22.8 Å². The minimum atomic E-state index is 0.534. The van der Waals surface area contributed by atoms with E-state index in [1.165, 1.54) is 0 Å². The molecule has 12 heavy (non-hydrogen) atoms. The molecule has 0 fully saturated rings. The molecule has 0 aliphatic heterocycles. The second-order valence-corrected chi connectivity index (χ2v) is 2.85. The zero-order valence-corrected chi connectivity index (χ0v) is 7.34. The summed E-state index contributed by atoms with van der Waals surface area (Å²) in [6.45, 7) is 0. The molecular weight excluding hydrogens is 174 g/mol. The predicted octanol–water partition coefficient (Wildman–Crippen LogP) is 2.03. The van der Waals surface area contributed by atoms with Crippen molar-refractivity contribution in [3.8, 4) is 0 Å². The first-order valence-electron chi connectivity index (χ1n) is 3.61. The van der Waals surface area contributed by atoms with Crippen LogP contribution in [0.3, 0.4) is 0 Å². The van der Waals surface area contributed by atoms with Gasteiger partial charge in [0.25, 0.3) is 0 Å². The van der Waals surface area contributed by atoms with Crippen LogP contribution in [0.25, 0.3) is 5.52 Å². The highest BCUT2D eigenvalue weighted by atomic mass is 35.5. The summed E-state index contributed by atoms with van der Waals surface area (Å²) in [4.78, 5) is 3.97. The number of nitrogens with one attached hydrogen (secondary N) is 1. The van der Waals surface area contributed by atoms with Gasteiger partial charge in [-0.15, -0.1) is 0 Å². The third-order valence-electron chi connectivity index (χ3n) is 1.78. The van der Waals surface area contributed by atoms with Crippen molar-refractivity contribution in [3.63, 3.8) is 0 Å². The van der Waals surface area contributed by atoms with Crippen LogP contribution in [0.2, 0.25) is 5.15 Å². The van der Waals surface area contributed by atoms with E-state index < -0.39 is 0 Å². The minimum Gasteiger partial charge on any atom is -0.388 e. The summed E-state index contributed by atoms with van der Waals surface area (Å²) < 4.78 is 1.88. The molecule has 0 radical (unpaired) electrons. The predicted molar refractivity (Wildman–Crippen MR) is 49.7 cm³/mol. The van der Waals surface area contributed by atoms with Gasteiger partial charge in [0.05, 0.1) is 5.52 Å². The van der Waals surface area contributed by atoms with Gasteiger partial charge in [0.1, 0.15) is 6.33 Å². The molecule has 62 valence electrons. The summed E-state index contributed by atoms with van der Waals surface area (Å²) in [6, 6.07) is 3.92. The smallest absolute Gasteiger partial charge is 0.154 e. The summed E-state index contributed by atoms with van der Waals surface area (Å²) in [5.74, 6) is 0. The van der Waals surface area contributed by atoms with Gasteiger partial charge in [0.15, 0.2) is 5.15 Å². The summed E-state index contributed by atoms with van der Waals surface area (Å²) in [5, 5.41) is 3.57. The normalized spacial score (nSPS) is 10.5. The van der Waals surface area contributed by atoms with Gasteiger partial charge in [-0.05, 0) is 12.1 Å². The SMILES string of the molecule is CNc1ccn2cnc(Cl)c2c1. The number of imidazole rings is 1. The number of rotatable bonds is 1. The van der Waals surface area contributed by atoms with Crippen molar-refractivity contribution in [1.29, 1.82) is 0 Å². The van der Waals surface area contributed by atoms with Crippen molar-refractivity contribution in [2.75, 3.05) is 12.4 Å². The van der Waals surface area contributed by atoms with Crippen LogP contribution in [0.15, 0.2) is 24.7 Å². The van der Waals surface area contributed by atoms with Crippen LogP contribution in [-0.4, -0.2) is 16.4 Å². The van der Waals surface area contributed by atoms with Crippen molar-refractivity contribution in [1.82, 2.24) is 9.38 Å². The van der Waals surface area contributed by atoms with E-state index in [-0.39, 0.29) is 0 Å². The molecule has 0 aliphatic carbocycles. The van der Waals surface area contributed by atoms with Crippen LogP contribution in [0.4, 0.5) is 5.69 Å². The third-order valence-corrected chi connectivity index (χ3v) is 2.07. The summed E-state index contributed by atoms with van der Waals surface area (Å²) in [7, 11) is 1.87. The molecule has 3 nitrogen and oxygen atoms in total. The molecule has 1 N–H and O–H groups in total. The molecule has 0 amide bonds. The van der Waals surface area contributed by atoms with Crippen LogP contribution in [-0.2, 0) is 0 Å². The van der Waals surface area contributed by atoms with Crippen LogP contribution < -0.4 is 5.32 Å². The molecule has 0 saturated heterocycles. The van der Waals surface area contributed by atoms with Gasteiger partial charge in [-0.3, -0.25) is 0 Å². The molecule has 2 heterocycles. The number of nitrogens with zero attached hydrogens (tertiary/aromatic N) is 2. The Balaban J connectivity index is 2.71. The average Bonchev–Trinajstić information content (AvgIpc) is 2.47. The van der Waals surface area contributed by atoms with Crippen LogP contribution in [0, 0.1) is 0 Å². The Bertz CT molecular complexity index is 408. The van der Waals surface area contributed by atoms with Gasteiger partial charge in [0.2, 0.25) is 0 Å². The minimum absolute atomic E-state index is 0.534. The molecule has 2 rings (SSSR count). The van der Waals surface area contributed by atoms with E-state index in [1.54, 1.807) is 6.33 Å². The number of hydrogen-bond donors (Lipinski definition) is 1. The summed E-state index contributed by atoms with van der Waals surface area (Å²) >= 11 is 5.84. The number of pyridine rings is 1. The Kier molecular flexibility index (Phi) is 1.66. The van der Waals surface area contributed by atoms with Crippen molar-refractivity contribution in [2.45, 2.75) is 0 Å². The van der Waals surface area contributed by atoms with E-state index in [4.69, 9.17) is 11.6 Å². The Hall–Kier alpha value is -1.22. The maximum Gasteiger partial charge on any atom is 0.154 e. The monoisotopic (exact) mass is 181 g/mol. The molecule has 0 bridgehead atoms. The molecule has 0 aliphatic rings. The molecule has 2 aromatic heterocycles. The zero-order chi connectivity index (χ0) is 8.55. The van der Waals surface area contributed by atoms with Gasteiger partial charge >= 0.3 is 0 Å². The van der Waals surface area contributed by atoms with E-state index in [1.807, 2.05) is 29.8 Å². The fourth-order valence-corrected chi connectivity index (χ4v) is 1.31. The highest BCUT2D eigenvalue weighted by Gasteiger charge is 2.00. The average molecular weight is 182 g/mol. The maximum atomic E-state index is 5.84. The van der Waals surface area contributed by atoms with Gasteiger partial charge < -0.3 is 9.72 Å². The fourth-order valence-electron chi connectivity index (χ4n) is 1.11. The Labute approximate surface area is 75.0 Å².